The highest BCUT2D eigenvalue weighted by atomic mass is 28.3. The molecule has 1 aromatic rings. The molecule has 1 rings (SSSR count). The third-order valence-corrected chi connectivity index (χ3v) is 10.3. The minimum Gasteiger partial charge on any atom is -0.381 e. The molecule has 0 spiro atoms. The van der Waals surface area contributed by atoms with E-state index in [9.17, 15) is 9.90 Å². The number of carbonyl (C=O) groups excluding carboxylic acids is 1. The molecule has 0 aliphatic carbocycles. The standard InChI is InChI=1S/C14H22O2Si/c1-13(2,3)17(4,5)14(16,11-15)12-9-7-6-8-10-12/h6-11,16H,1-5H3/t14-/m1/s1. The number of benzene rings is 1. The molecule has 0 saturated heterocycles. The maximum Gasteiger partial charge on any atom is 0.152 e. The van der Waals surface area contributed by atoms with Gasteiger partial charge in [-0.2, -0.15) is 0 Å². The molecule has 94 valence electrons. The van der Waals surface area contributed by atoms with Crippen LogP contribution in [0.25, 0.3) is 0 Å². The average molecular weight is 250 g/mol. The van der Waals surface area contributed by atoms with E-state index in [-0.39, 0.29) is 5.04 Å². The number of aliphatic hydroxyl groups is 1. The zero-order chi connectivity index (χ0) is 13.3. The predicted octanol–water partition coefficient (Wildman–Crippen LogP) is 3.12. The van der Waals surface area contributed by atoms with Gasteiger partial charge in [0.25, 0.3) is 0 Å². The molecule has 3 heteroatoms. The van der Waals surface area contributed by atoms with E-state index in [4.69, 9.17) is 0 Å². The van der Waals surface area contributed by atoms with Gasteiger partial charge in [-0.1, -0.05) is 64.2 Å². The van der Waals surface area contributed by atoms with Gasteiger partial charge in [-0.3, -0.25) is 0 Å². The summed E-state index contributed by atoms with van der Waals surface area (Å²) in [5, 5.41) is 9.46. The van der Waals surface area contributed by atoms with E-state index >= 15 is 0 Å². The third kappa shape index (κ3) is 2.22. The highest BCUT2D eigenvalue weighted by Crippen LogP contribution is 2.46. The van der Waals surface area contributed by atoms with E-state index in [1.54, 1.807) is 0 Å². The summed E-state index contributed by atoms with van der Waals surface area (Å²) in [6.07, 6.45) is 0.722. The molecule has 2 nitrogen and oxygen atoms in total. The van der Waals surface area contributed by atoms with Gasteiger partial charge in [0.05, 0.1) is 0 Å². The van der Waals surface area contributed by atoms with Gasteiger partial charge in [-0.15, -0.1) is 0 Å². The van der Waals surface area contributed by atoms with Gasteiger partial charge >= 0.3 is 0 Å². The molecule has 0 aliphatic rings. The van der Waals surface area contributed by atoms with E-state index in [0.717, 1.165) is 6.29 Å². The molecule has 0 radical (unpaired) electrons. The van der Waals surface area contributed by atoms with Crippen LogP contribution >= 0.6 is 0 Å². The number of carbonyl (C=O) groups is 1. The van der Waals surface area contributed by atoms with E-state index in [1.165, 1.54) is 0 Å². The second kappa shape index (κ2) is 4.39. The molecule has 0 bridgehead atoms. The fraction of sp³-hybridized carbons (Fsp3) is 0.500. The Morgan fingerprint density at radius 2 is 1.59 bits per heavy atom. The molecule has 0 saturated carbocycles. The normalized spacial score (nSPS) is 16.4. The summed E-state index contributed by atoms with van der Waals surface area (Å²) in [5.74, 6) is 0. The quantitative estimate of drug-likeness (QED) is 0.661. The van der Waals surface area contributed by atoms with Gasteiger partial charge in [-0.05, 0) is 10.6 Å². The van der Waals surface area contributed by atoms with Crippen LogP contribution in [-0.2, 0) is 10.0 Å². The van der Waals surface area contributed by atoms with Crippen LogP contribution < -0.4 is 0 Å². The van der Waals surface area contributed by atoms with Crippen LogP contribution in [0.5, 0.6) is 0 Å². The van der Waals surface area contributed by atoms with Crippen LogP contribution in [-0.4, -0.2) is 19.5 Å². The zero-order valence-corrected chi connectivity index (χ0v) is 12.3. The summed E-state index contributed by atoms with van der Waals surface area (Å²) < 4.78 is 0. The number of hydrogen-bond donors (Lipinski definition) is 1. The number of aldehydes is 1. The van der Waals surface area contributed by atoms with Crippen LogP contribution in [0.1, 0.15) is 26.3 Å². The molecular formula is C14H22O2Si. The highest BCUT2D eigenvalue weighted by Gasteiger charge is 2.53. The molecule has 0 unspecified atom stereocenters. The Morgan fingerprint density at radius 1 is 1.12 bits per heavy atom. The molecule has 0 aliphatic heterocycles. The van der Waals surface area contributed by atoms with E-state index in [0.29, 0.717) is 5.56 Å². The lowest BCUT2D eigenvalue weighted by atomic mass is 10.1. The summed E-state index contributed by atoms with van der Waals surface area (Å²) in [7, 11) is -2.21. The van der Waals surface area contributed by atoms with Crippen LogP contribution in [0.3, 0.4) is 0 Å². The molecule has 17 heavy (non-hydrogen) atoms. The molecule has 0 amide bonds. The van der Waals surface area contributed by atoms with Crippen molar-refractivity contribution in [2.45, 2.75) is 44.1 Å². The molecule has 0 fully saturated rings. The van der Waals surface area contributed by atoms with Crippen molar-refractivity contribution in [1.29, 1.82) is 0 Å². The second-order valence-electron chi connectivity index (χ2n) is 6.13. The largest absolute Gasteiger partial charge is 0.381 e. The first-order valence-electron chi connectivity index (χ1n) is 5.91. The van der Waals surface area contributed by atoms with E-state index in [2.05, 4.69) is 33.9 Å². The fourth-order valence-electron chi connectivity index (χ4n) is 1.84. The zero-order valence-electron chi connectivity index (χ0n) is 11.3. The van der Waals surface area contributed by atoms with Crippen LogP contribution in [0, 0.1) is 0 Å². The molecule has 0 aromatic heterocycles. The van der Waals surface area contributed by atoms with Crippen LogP contribution in [0.4, 0.5) is 0 Å². The maximum atomic E-state index is 11.5. The summed E-state index contributed by atoms with van der Waals surface area (Å²) in [4.78, 5) is 11.5. The SMILES string of the molecule is CC(C)(C)[Si](C)(C)[C@](O)(C=O)c1ccccc1. The first-order valence-corrected chi connectivity index (χ1v) is 8.91. The Hall–Kier alpha value is -0.933. The van der Waals surface area contributed by atoms with Gasteiger partial charge in [0, 0.05) is 0 Å². The van der Waals surface area contributed by atoms with Crippen molar-refractivity contribution in [3.63, 3.8) is 0 Å². The van der Waals surface area contributed by atoms with E-state index in [1.807, 2.05) is 30.3 Å². The van der Waals surface area contributed by atoms with Gasteiger partial charge < -0.3 is 9.90 Å². The Bertz CT molecular complexity index is 392. The van der Waals surface area contributed by atoms with Gasteiger partial charge in [0.1, 0.15) is 13.3 Å². The monoisotopic (exact) mass is 250 g/mol. The predicted molar refractivity (Wildman–Crippen MR) is 73.6 cm³/mol. The van der Waals surface area contributed by atoms with Crippen LogP contribution in [0.15, 0.2) is 30.3 Å². The Kier molecular flexibility index (Phi) is 3.65. The molecule has 1 atom stereocenters. The Balaban J connectivity index is 3.37. The third-order valence-electron chi connectivity index (χ3n) is 4.21. The second-order valence-corrected chi connectivity index (χ2v) is 11.6. The van der Waals surface area contributed by atoms with E-state index < -0.39 is 13.3 Å². The van der Waals surface area contributed by atoms with Crippen molar-refractivity contribution in [1.82, 2.24) is 0 Å². The summed E-state index contributed by atoms with van der Waals surface area (Å²) in [6, 6.07) is 9.26. The van der Waals surface area contributed by atoms with Crippen LogP contribution in [0.2, 0.25) is 18.1 Å². The lowest BCUT2D eigenvalue weighted by Crippen LogP contribution is -2.58. The lowest BCUT2D eigenvalue weighted by Gasteiger charge is -2.46. The van der Waals surface area contributed by atoms with Crippen molar-refractivity contribution in [2.75, 3.05) is 0 Å². The van der Waals surface area contributed by atoms with Crippen molar-refractivity contribution in [2.24, 2.45) is 0 Å². The minimum absolute atomic E-state index is 0.0570. The highest BCUT2D eigenvalue weighted by molar-refractivity contribution is 6.84. The minimum atomic E-state index is -2.21. The molecular weight excluding hydrogens is 228 g/mol. The molecule has 1 aromatic carbocycles. The summed E-state index contributed by atoms with van der Waals surface area (Å²) >= 11 is 0. The number of rotatable bonds is 3. The maximum absolute atomic E-state index is 11.5. The van der Waals surface area contributed by atoms with Crippen molar-refractivity contribution in [3.05, 3.63) is 35.9 Å². The first-order chi connectivity index (χ1) is 7.67. The topological polar surface area (TPSA) is 37.3 Å². The lowest BCUT2D eigenvalue weighted by molar-refractivity contribution is -0.119. The Labute approximate surface area is 105 Å². The fourth-order valence-corrected chi connectivity index (χ4v) is 4.17. The van der Waals surface area contributed by atoms with Gasteiger partial charge in [0.2, 0.25) is 0 Å². The summed E-state index contributed by atoms with van der Waals surface area (Å²) in [5.41, 5.74) is 0.710. The number of hydrogen-bond acceptors (Lipinski definition) is 2. The Morgan fingerprint density at radius 3 is 1.94 bits per heavy atom. The average Bonchev–Trinajstić information content (AvgIpc) is 2.27. The van der Waals surface area contributed by atoms with Gasteiger partial charge in [0.15, 0.2) is 6.29 Å². The van der Waals surface area contributed by atoms with Gasteiger partial charge in [-0.25, -0.2) is 0 Å². The first kappa shape index (κ1) is 14.1. The molecule has 1 N–H and O–H groups in total. The van der Waals surface area contributed by atoms with Crippen molar-refractivity contribution < 1.29 is 9.90 Å². The van der Waals surface area contributed by atoms with Crippen molar-refractivity contribution >= 4 is 14.4 Å². The smallest absolute Gasteiger partial charge is 0.152 e. The van der Waals surface area contributed by atoms with Crippen molar-refractivity contribution in [3.8, 4) is 0 Å². The summed E-state index contributed by atoms with van der Waals surface area (Å²) in [6.45, 7) is 10.4. The molecule has 0 heterocycles.